The number of hydrogen-bond donors (Lipinski definition) is 1. The number of hydrogen-bond acceptors (Lipinski definition) is 4. The van der Waals surface area contributed by atoms with Crippen LogP contribution in [0.1, 0.15) is 39.4 Å². The summed E-state index contributed by atoms with van der Waals surface area (Å²) in [5.41, 5.74) is 0.896. The molecule has 0 amide bonds. The van der Waals surface area contributed by atoms with Crippen molar-refractivity contribution in [3.05, 3.63) is 57.8 Å². The van der Waals surface area contributed by atoms with Crippen molar-refractivity contribution in [2.75, 3.05) is 0 Å². The monoisotopic (exact) mass is 352 g/mol. The minimum atomic E-state index is -0.669. The lowest BCUT2D eigenvalue weighted by atomic mass is 9.89. The Hall–Kier alpha value is -2.22. The van der Waals surface area contributed by atoms with E-state index in [2.05, 4.69) is 11.8 Å². The summed E-state index contributed by atoms with van der Waals surface area (Å²) in [6, 6.07) is 13.4. The Morgan fingerprint density at radius 3 is 2.72 bits per heavy atom. The SMILES string of the molecule is O=Cc1ccc(CCC[C@H]2C(=O)C[C@@H](O)[C@@H]2C#Cc2ccccc2)s1. The number of ketones is 1. The van der Waals surface area contributed by atoms with Gasteiger partial charge >= 0.3 is 0 Å². The molecule has 1 heterocycles. The van der Waals surface area contributed by atoms with Gasteiger partial charge in [0.2, 0.25) is 0 Å². The predicted octanol–water partition coefficient (Wildman–Crippen LogP) is 3.50. The molecule has 1 aliphatic rings. The molecule has 4 heteroatoms. The summed E-state index contributed by atoms with van der Waals surface area (Å²) >= 11 is 1.49. The van der Waals surface area contributed by atoms with Crippen molar-refractivity contribution >= 4 is 23.4 Å². The van der Waals surface area contributed by atoms with E-state index in [0.29, 0.717) is 0 Å². The first-order valence-electron chi connectivity index (χ1n) is 8.48. The van der Waals surface area contributed by atoms with E-state index in [0.717, 1.165) is 40.9 Å². The summed E-state index contributed by atoms with van der Waals surface area (Å²) in [5.74, 6) is 5.84. The maximum atomic E-state index is 12.2. The van der Waals surface area contributed by atoms with Gasteiger partial charge in [-0.25, -0.2) is 0 Å². The van der Waals surface area contributed by atoms with Gasteiger partial charge in [0.05, 0.1) is 16.9 Å². The second kappa shape index (κ2) is 8.24. The maximum absolute atomic E-state index is 12.2. The van der Waals surface area contributed by atoms with Crippen LogP contribution >= 0.6 is 11.3 Å². The van der Waals surface area contributed by atoms with Gasteiger partial charge in [-0.2, -0.15) is 0 Å². The number of aliphatic hydroxyl groups excluding tert-OH is 1. The molecule has 0 spiro atoms. The lowest BCUT2D eigenvalue weighted by Gasteiger charge is -2.15. The molecule has 1 N–H and O–H groups in total. The molecule has 3 nitrogen and oxygen atoms in total. The Labute approximate surface area is 151 Å². The van der Waals surface area contributed by atoms with Gasteiger partial charge in [0.15, 0.2) is 6.29 Å². The Balaban J connectivity index is 1.62. The van der Waals surface area contributed by atoms with E-state index in [9.17, 15) is 14.7 Å². The van der Waals surface area contributed by atoms with Gasteiger partial charge in [0, 0.05) is 22.8 Å². The predicted molar refractivity (Wildman–Crippen MR) is 98.6 cm³/mol. The molecule has 25 heavy (non-hydrogen) atoms. The van der Waals surface area contributed by atoms with Gasteiger partial charge in [-0.15, -0.1) is 11.3 Å². The molecule has 1 fully saturated rings. The van der Waals surface area contributed by atoms with Crippen molar-refractivity contribution in [3.63, 3.8) is 0 Å². The molecule has 0 unspecified atom stereocenters. The number of thiophene rings is 1. The standard InChI is InChI=1S/C21H20O3S/c22-14-17-11-10-16(25-17)7-4-8-18-19(21(24)13-20(18)23)12-9-15-5-2-1-3-6-15/h1-3,5-6,10-11,14,18-19,21,24H,4,7-8,13H2/t18-,19-,21-/m1/s1. The molecule has 1 aromatic carbocycles. The summed E-state index contributed by atoms with van der Waals surface area (Å²) in [6.45, 7) is 0. The van der Waals surface area contributed by atoms with Crippen LogP contribution in [-0.2, 0) is 11.2 Å². The molecular formula is C21H20O3S. The summed E-state index contributed by atoms with van der Waals surface area (Å²) in [4.78, 5) is 24.8. The van der Waals surface area contributed by atoms with Gasteiger partial charge in [0.25, 0.3) is 0 Å². The normalized spacial score (nSPS) is 22.4. The van der Waals surface area contributed by atoms with Crippen molar-refractivity contribution < 1.29 is 14.7 Å². The number of carbonyl (C=O) groups is 2. The van der Waals surface area contributed by atoms with Gasteiger partial charge in [0.1, 0.15) is 5.78 Å². The number of aliphatic hydroxyl groups is 1. The first-order valence-corrected chi connectivity index (χ1v) is 9.30. The second-order valence-electron chi connectivity index (χ2n) is 6.32. The molecule has 0 aliphatic heterocycles. The van der Waals surface area contributed by atoms with Crippen molar-refractivity contribution in [2.45, 2.75) is 31.8 Å². The number of aryl methyl sites for hydroxylation is 1. The number of benzene rings is 1. The first-order chi connectivity index (χ1) is 12.2. The molecule has 3 rings (SSSR count). The highest BCUT2D eigenvalue weighted by atomic mass is 32.1. The zero-order chi connectivity index (χ0) is 17.6. The van der Waals surface area contributed by atoms with Crippen LogP contribution in [-0.4, -0.2) is 23.3 Å². The zero-order valence-electron chi connectivity index (χ0n) is 13.9. The Bertz CT molecular complexity index is 797. The minimum Gasteiger partial charge on any atom is -0.391 e. The van der Waals surface area contributed by atoms with Crippen molar-refractivity contribution in [2.24, 2.45) is 11.8 Å². The maximum Gasteiger partial charge on any atom is 0.160 e. The summed E-state index contributed by atoms with van der Waals surface area (Å²) in [5, 5.41) is 10.2. The molecular weight excluding hydrogens is 332 g/mol. The second-order valence-corrected chi connectivity index (χ2v) is 7.52. The number of rotatable bonds is 5. The van der Waals surface area contributed by atoms with Crippen LogP contribution in [0.5, 0.6) is 0 Å². The van der Waals surface area contributed by atoms with Crippen LogP contribution in [0, 0.1) is 23.7 Å². The lowest BCUT2D eigenvalue weighted by Crippen LogP contribution is -2.19. The average Bonchev–Trinajstić information content (AvgIpc) is 3.19. The number of aldehydes is 1. The van der Waals surface area contributed by atoms with E-state index in [1.807, 2.05) is 42.5 Å². The molecule has 128 valence electrons. The Morgan fingerprint density at radius 1 is 1.20 bits per heavy atom. The van der Waals surface area contributed by atoms with E-state index in [4.69, 9.17) is 0 Å². The molecule has 0 radical (unpaired) electrons. The van der Waals surface area contributed by atoms with Gasteiger partial charge in [-0.1, -0.05) is 30.0 Å². The van der Waals surface area contributed by atoms with E-state index < -0.39 is 6.10 Å². The van der Waals surface area contributed by atoms with Crippen molar-refractivity contribution in [1.82, 2.24) is 0 Å². The Kier molecular flexibility index (Phi) is 5.80. The quantitative estimate of drug-likeness (QED) is 0.662. The fourth-order valence-electron chi connectivity index (χ4n) is 3.27. The van der Waals surface area contributed by atoms with E-state index >= 15 is 0 Å². The zero-order valence-corrected chi connectivity index (χ0v) is 14.7. The van der Waals surface area contributed by atoms with Crippen molar-refractivity contribution in [1.29, 1.82) is 0 Å². The summed E-state index contributed by atoms with van der Waals surface area (Å²) in [7, 11) is 0. The van der Waals surface area contributed by atoms with Gasteiger partial charge < -0.3 is 5.11 Å². The third-order valence-corrected chi connectivity index (χ3v) is 5.64. The summed E-state index contributed by atoms with van der Waals surface area (Å²) < 4.78 is 0. The average molecular weight is 352 g/mol. The third kappa shape index (κ3) is 4.45. The van der Waals surface area contributed by atoms with Crippen LogP contribution in [0.4, 0.5) is 0 Å². The smallest absolute Gasteiger partial charge is 0.160 e. The molecule has 1 aliphatic carbocycles. The van der Waals surface area contributed by atoms with Crippen LogP contribution in [0.25, 0.3) is 0 Å². The third-order valence-electron chi connectivity index (χ3n) is 4.57. The molecule has 0 saturated heterocycles. The molecule has 1 aromatic heterocycles. The fourth-order valence-corrected chi connectivity index (χ4v) is 4.14. The fraction of sp³-hybridized carbons (Fsp3) is 0.333. The van der Waals surface area contributed by atoms with Crippen LogP contribution in [0.2, 0.25) is 0 Å². The van der Waals surface area contributed by atoms with Gasteiger partial charge in [-0.3, -0.25) is 9.59 Å². The highest BCUT2D eigenvalue weighted by Crippen LogP contribution is 2.33. The highest BCUT2D eigenvalue weighted by molar-refractivity contribution is 7.13. The topological polar surface area (TPSA) is 54.4 Å². The van der Waals surface area contributed by atoms with Gasteiger partial charge in [-0.05, 0) is 43.5 Å². The lowest BCUT2D eigenvalue weighted by molar-refractivity contribution is -0.121. The van der Waals surface area contributed by atoms with Crippen molar-refractivity contribution in [3.8, 4) is 11.8 Å². The van der Waals surface area contributed by atoms with E-state index in [1.165, 1.54) is 11.3 Å². The highest BCUT2D eigenvalue weighted by Gasteiger charge is 2.40. The van der Waals surface area contributed by atoms with Crippen LogP contribution in [0.3, 0.4) is 0 Å². The van der Waals surface area contributed by atoms with E-state index in [-0.39, 0.29) is 24.0 Å². The molecule has 0 bridgehead atoms. The van der Waals surface area contributed by atoms with E-state index in [1.54, 1.807) is 0 Å². The largest absolute Gasteiger partial charge is 0.391 e. The molecule has 2 aromatic rings. The summed E-state index contributed by atoms with van der Waals surface area (Å²) in [6.07, 6.45) is 2.81. The number of Topliss-reactive ketones (excluding diaryl/α,β-unsaturated/α-hetero) is 1. The van der Waals surface area contributed by atoms with Crippen LogP contribution < -0.4 is 0 Å². The van der Waals surface area contributed by atoms with Crippen LogP contribution in [0.15, 0.2) is 42.5 Å². The first kappa shape index (κ1) is 17.6. The number of carbonyl (C=O) groups excluding carboxylic acids is 2. The molecule has 3 atom stereocenters. The molecule has 1 saturated carbocycles. The minimum absolute atomic E-state index is 0.111. The Morgan fingerprint density at radius 2 is 2.00 bits per heavy atom.